The van der Waals surface area contributed by atoms with Gasteiger partial charge in [0, 0.05) is 10.8 Å². The Labute approximate surface area is 132 Å². The van der Waals surface area contributed by atoms with Crippen LogP contribution in [0.25, 0.3) is 0 Å². The number of amides is 1. The van der Waals surface area contributed by atoms with Crippen LogP contribution in [0.2, 0.25) is 5.02 Å². The Morgan fingerprint density at radius 1 is 1.24 bits per heavy atom. The van der Waals surface area contributed by atoms with Gasteiger partial charge in [-0.3, -0.25) is 4.79 Å². The lowest BCUT2D eigenvalue weighted by molar-refractivity contribution is -0.113. The Balaban J connectivity index is 1.81. The summed E-state index contributed by atoms with van der Waals surface area (Å²) in [5, 5.41) is 3.27. The summed E-state index contributed by atoms with van der Waals surface area (Å²) in [6, 6.07) is 12.2. The van der Waals surface area contributed by atoms with Gasteiger partial charge in [-0.15, -0.1) is 11.8 Å². The lowest BCUT2D eigenvalue weighted by Crippen LogP contribution is -2.15. The first-order valence-corrected chi connectivity index (χ1v) is 7.96. The highest BCUT2D eigenvalue weighted by Gasteiger charge is 2.07. The van der Waals surface area contributed by atoms with Crippen molar-refractivity contribution in [1.82, 2.24) is 0 Å². The Kier molecular flexibility index (Phi) is 5.65. The van der Waals surface area contributed by atoms with E-state index in [2.05, 4.69) is 5.32 Å². The van der Waals surface area contributed by atoms with Crippen LogP contribution in [0.4, 0.5) is 10.1 Å². The van der Waals surface area contributed by atoms with Crippen LogP contribution >= 0.6 is 23.4 Å². The van der Waals surface area contributed by atoms with Crippen LogP contribution in [0, 0.1) is 12.7 Å². The van der Waals surface area contributed by atoms with Crippen LogP contribution in [0.5, 0.6) is 0 Å². The van der Waals surface area contributed by atoms with Crippen LogP contribution in [0.3, 0.4) is 0 Å². The first kappa shape index (κ1) is 15.9. The summed E-state index contributed by atoms with van der Waals surface area (Å²) in [5.41, 5.74) is 2.14. The van der Waals surface area contributed by atoms with E-state index in [0.29, 0.717) is 10.8 Å². The maximum absolute atomic E-state index is 13.6. The number of thioether (sulfide) groups is 1. The molecule has 2 aromatic rings. The van der Waals surface area contributed by atoms with Gasteiger partial charge in [0.25, 0.3) is 0 Å². The molecule has 0 heterocycles. The fraction of sp³-hybridized carbons (Fsp3) is 0.188. The minimum absolute atomic E-state index is 0.211. The second-order valence-electron chi connectivity index (χ2n) is 4.65. The molecule has 2 nitrogen and oxygen atoms in total. The summed E-state index contributed by atoms with van der Waals surface area (Å²) in [6.45, 7) is 1.80. The number of anilines is 1. The number of benzene rings is 2. The Hall–Kier alpha value is -1.52. The van der Waals surface area contributed by atoms with Crippen LogP contribution in [-0.4, -0.2) is 11.7 Å². The van der Waals surface area contributed by atoms with E-state index in [4.69, 9.17) is 11.6 Å². The number of hydrogen-bond donors (Lipinski definition) is 1. The van der Waals surface area contributed by atoms with Gasteiger partial charge in [0.05, 0.1) is 11.4 Å². The molecule has 0 radical (unpaired) electrons. The molecule has 2 aromatic carbocycles. The molecule has 0 aliphatic heterocycles. The molecular weight excluding hydrogens is 309 g/mol. The van der Waals surface area contributed by atoms with Crippen molar-refractivity contribution < 1.29 is 9.18 Å². The number of nitrogens with one attached hydrogen (secondary N) is 1. The number of carbonyl (C=O) groups excluding carboxylic acids is 1. The first-order valence-electron chi connectivity index (χ1n) is 6.43. The van der Waals surface area contributed by atoms with Crippen LogP contribution in [-0.2, 0) is 10.5 Å². The molecule has 1 N–H and O–H groups in total. The van der Waals surface area contributed by atoms with E-state index in [-0.39, 0.29) is 17.3 Å². The Morgan fingerprint density at radius 3 is 2.62 bits per heavy atom. The third kappa shape index (κ3) is 5.06. The molecule has 0 aromatic heterocycles. The summed E-state index contributed by atoms with van der Waals surface area (Å²) in [6.07, 6.45) is 0. The lowest BCUT2D eigenvalue weighted by Gasteiger charge is -2.07. The van der Waals surface area contributed by atoms with Gasteiger partial charge >= 0.3 is 0 Å². The van der Waals surface area contributed by atoms with Gasteiger partial charge in [-0.2, -0.15) is 0 Å². The summed E-state index contributed by atoms with van der Waals surface area (Å²) in [4.78, 5) is 11.8. The van der Waals surface area contributed by atoms with Crippen molar-refractivity contribution in [2.45, 2.75) is 12.7 Å². The van der Waals surface area contributed by atoms with Crippen molar-refractivity contribution in [2.75, 3.05) is 11.1 Å². The highest BCUT2D eigenvalue weighted by molar-refractivity contribution is 7.99. The number of halogens is 2. The summed E-state index contributed by atoms with van der Waals surface area (Å²) in [7, 11) is 0. The molecule has 0 saturated carbocycles. The molecule has 1 amide bonds. The number of rotatable bonds is 5. The molecule has 110 valence electrons. The summed E-state index contributed by atoms with van der Waals surface area (Å²) < 4.78 is 13.6. The average molecular weight is 324 g/mol. The second-order valence-corrected chi connectivity index (χ2v) is 6.07. The molecule has 0 aliphatic rings. The maximum atomic E-state index is 13.6. The largest absolute Gasteiger partial charge is 0.323 e. The minimum atomic E-state index is -0.411. The third-order valence-electron chi connectivity index (χ3n) is 2.81. The van der Waals surface area contributed by atoms with Crippen LogP contribution in [0.15, 0.2) is 42.5 Å². The standard InChI is InChI=1S/C16H15ClFNOS/c1-11-2-7-15(14(18)8-11)19-16(20)10-21-9-12-3-5-13(17)6-4-12/h2-8H,9-10H2,1H3,(H,19,20). The third-order valence-corrected chi connectivity index (χ3v) is 4.07. The zero-order valence-corrected chi connectivity index (χ0v) is 13.1. The Bertz CT molecular complexity index is 631. The van der Waals surface area contributed by atoms with E-state index in [9.17, 15) is 9.18 Å². The van der Waals surface area contributed by atoms with Gasteiger partial charge < -0.3 is 5.32 Å². The molecule has 0 atom stereocenters. The van der Waals surface area contributed by atoms with E-state index in [0.717, 1.165) is 11.1 Å². The molecule has 0 saturated heterocycles. The topological polar surface area (TPSA) is 29.1 Å². The predicted molar refractivity (Wildman–Crippen MR) is 87.4 cm³/mol. The number of hydrogen-bond acceptors (Lipinski definition) is 2. The molecule has 0 spiro atoms. The molecule has 0 bridgehead atoms. The number of aryl methyl sites for hydroxylation is 1. The normalized spacial score (nSPS) is 10.4. The van der Waals surface area contributed by atoms with Crippen molar-refractivity contribution in [1.29, 1.82) is 0 Å². The van der Waals surface area contributed by atoms with Gasteiger partial charge in [-0.05, 0) is 42.3 Å². The van der Waals surface area contributed by atoms with Crippen molar-refractivity contribution >= 4 is 35.0 Å². The maximum Gasteiger partial charge on any atom is 0.234 e. The molecule has 0 fully saturated rings. The summed E-state index contributed by atoms with van der Waals surface area (Å²) >= 11 is 7.28. The zero-order chi connectivity index (χ0) is 15.2. The van der Waals surface area contributed by atoms with E-state index in [1.807, 2.05) is 24.3 Å². The van der Waals surface area contributed by atoms with E-state index >= 15 is 0 Å². The SMILES string of the molecule is Cc1ccc(NC(=O)CSCc2ccc(Cl)cc2)c(F)c1. The predicted octanol–water partition coefficient (Wildman–Crippen LogP) is 4.66. The summed E-state index contributed by atoms with van der Waals surface area (Å²) in [5.74, 6) is 0.361. The van der Waals surface area contributed by atoms with Crippen LogP contribution < -0.4 is 5.32 Å². The molecule has 0 unspecified atom stereocenters. The van der Waals surface area contributed by atoms with Crippen molar-refractivity contribution in [3.05, 3.63) is 64.4 Å². The fourth-order valence-electron chi connectivity index (χ4n) is 1.75. The molecule has 5 heteroatoms. The lowest BCUT2D eigenvalue weighted by atomic mass is 10.2. The molecule has 21 heavy (non-hydrogen) atoms. The second kappa shape index (κ2) is 7.48. The van der Waals surface area contributed by atoms with Gasteiger partial charge in [-0.1, -0.05) is 29.8 Å². The van der Waals surface area contributed by atoms with Gasteiger partial charge in [0.1, 0.15) is 5.82 Å². The van der Waals surface area contributed by atoms with Crippen molar-refractivity contribution in [3.63, 3.8) is 0 Å². The average Bonchev–Trinajstić information content (AvgIpc) is 2.44. The smallest absolute Gasteiger partial charge is 0.234 e. The van der Waals surface area contributed by atoms with Crippen LogP contribution in [0.1, 0.15) is 11.1 Å². The monoisotopic (exact) mass is 323 g/mol. The van der Waals surface area contributed by atoms with Gasteiger partial charge in [0.15, 0.2) is 0 Å². The highest BCUT2D eigenvalue weighted by atomic mass is 35.5. The molecule has 2 rings (SSSR count). The van der Waals surface area contributed by atoms with E-state index in [1.54, 1.807) is 19.1 Å². The van der Waals surface area contributed by atoms with Gasteiger partial charge in [-0.25, -0.2) is 4.39 Å². The minimum Gasteiger partial charge on any atom is -0.323 e. The van der Waals surface area contributed by atoms with Crippen molar-refractivity contribution in [2.24, 2.45) is 0 Å². The molecular formula is C16H15ClFNOS. The van der Waals surface area contributed by atoms with Crippen molar-refractivity contribution in [3.8, 4) is 0 Å². The quantitative estimate of drug-likeness (QED) is 0.867. The first-order chi connectivity index (χ1) is 10.0. The molecule has 0 aliphatic carbocycles. The van der Waals surface area contributed by atoms with E-state index < -0.39 is 5.82 Å². The number of carbonyl (C=O) groups is 1. The fourth-order valence-corrected chi connectivity index (χ4v) is 2.66. The van der Waals surface area contributed by atoms with Gasteiger partial charge in [0.2, 0.25) is 5.91 Å². The highest BCUT2D eigenvalue weighted by Crippen LogP contribution is 2.18. The zero-order valence-electron chi connectivity index (χ0n) is 11.5. The van der Waals surface area contributed by atoms with E-state index in [1.165, 1.54) is 17.8 Å². The Morgan fingerprint density at radius 2 is 1.95 bits per heavy atom.